The third-order valence-electron chi connectivity index (χ3n) is 2.15. The van der Waals surface area contributed by atoms with Crippen molar-refractivity contribution >= 4 is 23.4 Å². The number of halogens is 1. The summed E-state index contributed by atoms with van der Waals surface area (Å²) in [6.07, 6.45) is 6.83. The van der Waals surface area contributed by atoms with Crippen molar-refractivity contribution in [3.8, 4) is 12.3 Å². The van der Waals surface area contributed by atoms with Crippen LogP contribution in [0.25, 0.3) is 0 Å². The van der Waals surface area contributed by atoms with Crippen molar-refractivity contribution in [3.05, 3.63) is 29.3 Å². The highest BCUT2D eigenvalue weighted by Crippen LogP contribution is 2.27. The van der Waals surface area contributed by atoms with Crippen LogP contribution in [0.15, 0.2) is 29.2 Å². The van der Waals surface area contributed by atoms with Crippen molar-refractivity contribution in [2.75, 3.05) is 5.75 Å². The Hall–Kier alpha value is -0.660. The highest BCUT2D eigenvalue weighted by molar-refractivity contribution is 7.99. The van der Waals surface area contributed by atoms with E-state index in [9.17, 15) is 0 Å². The number of hydrazine groups is 1. The molecule has 2 nitrogen and oxygen atoms in total. The Balaban J connectivity index is 2.44. The molecule has 0 aromatic heterocycles. The predicted molar refractivity (Wildman–Crippen MR) is 71.4 cm³/mol. The summed E-state index contributed by atoms with van der Waals surface area (Å²) in [6, 6.07) is 8.00. The van der Waals surface area contributed by atoms with Crippen LogP contribution in [0.3, 0.4) is 0 Å². The van der Waals surface area contributed by atoms with Crippen LogP contribution in [-0.4, -0.2) is 11.8 Å². The van der Waals surface area contributed by atoms with Crippen LogP contribution in [0.4, 0.5) is 0 Å². The number of terminal acetylenes is 1. The molecule has 1 aromatic rings. The smallest absolute Gasteiger partial charge is 0.0541 e. The minimum absolute atomic E-state index is 0.220. The van der Waals surface area contributed by atoms with Crippen molar-refractivity contribution in [3.63, 3.8) is 0 Å². The monoisotopic (exact) mass is 254 g/mol. The molecule has 86 valence electrons. The van der Waals surface area contributed by atoms with Crippen molar-refractivity contribution in [2.24, 2.45) is 5.84 Å². The van der Waals surface area contributed by atoms with E-state index in [0.717, 1.165) is 28.5 Å². The third-order valence-corrected chi connectivity index (χ3v) is 3.83. The van der Waals surface area contributed by atoms with E-state index >= 15 is 0 Å². The average Bonchev–Trinajstić information content (AvgIpc) is 2.31. The lowest BCUT2D eigenvalue weighted by atomic mass is 10.2. The minimum Gasteiger partial charge on any atom is -0.271 e. The SMILES string of the molecule is C#CCCC(CSc1ccccc1Cl)NN. The molecule has 0 aliphatic heterocycles. The molecule has 4 heteroatoms. The fourth-order valence-corrected chi connectivity index (χ4v) is 2.55. The summed E-state index contributed by atoms with van der Waals surface area (Å²) >= 11 is 7.74. The van der Waals surface area contributed by atoms with Crippen molar-refractivity contribution < 1.29 is 0 Å². The van der Waals surface area contributed by atoms with Crippen molar-refractivity contribution in [2.45, 2.75) is 23.8 Å². The van der Waals surface area contributed by atoms with E-state index in [1.54, 1.807) is 11.8 Å². The number of benzene rings is 1. The third kappa shape index (κ3) is 4.46. The van der Waals surface area contributed by atoms with E-state index < -0.39 is 0 Å². The van der Waals surface area contributed by atoms with E-state index in [1.807, 2.05) is 24.3 Å². The largest absolute Gasteiger partial charge is 0.271 e. The molecule has 0 saturated carbocycles. The van der Waals surface area contributed by atoms with E-state index in [2.05, 4.69) is 11.3 Å². The van der Waals surface area contributed by atoms with Crippen molar-refractivity contribution in [1.82, 2.24) is 5.43 Å². The van der Waals surface area contributed by atoms with Gasteiger partial charge in [-0.25, -0.2) is 0 Å². The number of nitrogens with two attached hydrogens (primary N) is 1. The number of rotatable bonds is 6. The fourth-order valence-electron chi connectivity index (χ4n) is 1.22. The molecule has 1 rings (SSSR count). The van der Waals surface area contributed by atoms with Gasteiger partial charge in [0.1, 0.15) is 0 Å². The predicted octanol–water partition coefficient (Wildman–Crippen LogP) is 2.68. The average molecular weight is 255 g/mol. The Morgan fingerprint density at radius 2 is 2.25 bits per heavy atom. The van der Waals surface area contributed by atoms with Crippen LogP contribution < -0.4 is 11.3 Å². The first-order valence-electron chi connectivity index (χ1n) is 5.05. The topological polar surface area (TPSA) is 38.0 Å². The van der Waals surface area contributed by atoms with E-state index in [-0.39, 0.29) is 6.04 Å². The van der Waals surface area contributed by atoms with Gasteiger partial charge < -0.3 is 0 Å². The van der Waals surface area contributed by atoms with Gasteiger partial charge in [-0.1, -0.05) is 23.7 Å². The number of thioether (sulfide) groups is 1. The van der Waals surface area contributed by atoms with Crippen LogP contribution >= 0.6 is 23.4 Å². The molecule has 16 heavy (non-hydrogen) atoms. The standard InChI is InChI=1S/C12H15ClN2S/c1-2-3-6-10(15-14)9-16-12-8-5-4-7-11(12)13/h1,4-5,7-8,10,15H,3,6,9,14H2. The van der Waals surface area contributed by atoms with Gasteiger partial charge in [-0.2, -0.15) is 0 Å². The zero-order chi connectivity index (χ0) is 11.8. The molecule has 1 unspecified atom stereocenters. The summed E-state index contributed by atoms with van der Waals surface area (Å²) in [5.74, 6) is 8.93. The molecular weight excluding hydrogens is 240 g/mol. The first-order valence-corrected chi connectivity index (χ1v) is 6.41. The second-order valence-corrected chi connectivity index (χ2v) is 4.82. The molecule has 0 saturated heterocycles. The van der Waals surface area contributed by atoms with Crippen LogP contribution in [-0.2, 0) is 0 Å². The first-order chi connectivity index (χ1) is 7.77. The van der Waals surface area contributed by atoms with Crippen LogP contribution in [0.5, 0.6) is 0 Å². The molecule has 1 aromatic carbocycles. The molecule has 3 N–H and O–H groups in total. The summed E-state index contributed by atoms with van der Waals surface area (Å²) < 4.78 is 0. The summed E-state index contributed by atoms with van der Waals surface area (Å²) in [5.41, 5.74) is 2.77. The molecule has 1 atom stereocenters. The van der Waals surface area contributed by atoms with E-state index in [0.29, 0.717) is 0 Å². The number of hydrogen-bond donors (Lipinski definition) is 2. The van der Waals surface area contributed by atoms with Crippen LogP contribution in [0, 0.1) is 12.3 Å². The molecule has 0 bridgehead atoms. The van der Waals surface area contributed by atoms with Gasteiger partial charge in [0.05, 0.1) is 5.02 Å². The van der Waals surface area contributed by atoms with E-state index in [1.165, 1.54) is 0 Å². The van der Waals surface area contributed by atoms with Gasteiger partial charge in [-0.15, -0.1) is 24.1 Å². The lowest BCUT2D eigenvalue weighted by Crippen LogP contribution is -2.36. The minimum atomic E-state index is 0.220. The molecule has 0 heterocycles. The Kier molecular flexibility index (Phi) is 6.36. The van der Waals surface area contributed by atoms with Gasteiger partial charge in [-0.3, -0.25) is 11.3 Å². The maximum atomic E-state index is 6.05. The second-order valence-electron chi connectivity index (χ2n) is 3.35. The Labute approximate surface area is 106 Å². The fraction of sp³-hybridized carbons (Fsp3) is 0.333. The maximum absolute atomic E-state index is 6.05. The zero-order valence-corrected chi connectivity index (χ0v) is 10.5. The van der Waals surface area contributed by atoms with Gasteiger partial charge in [0.25, 0.3) is 0 Å². The second kappa shape index (κ2) is 7.59. The summed E-state index contributed by atoms with van der Waals surface area (Å²) in [7, 11) is 0. The Morgan fingerprint density at radius 1 is 1.50 bits per heavy atom. The maximum Gasteiger partial charge on any atom is 0.0541 e. The van der Waals surface area contributed by atoms with Crippen LogP contribution in [0.1, 0.15) is 12.8 Å². The highest BCUT2D eigenvalue weighted by Gasteiger charge is 2.07. The molecule has 0 radical (unpaired) electrons. The first kappa shape index (κ1) is 13.4. The van der Waals surface area contributed by atoms with Gasteiger partial charge in [0, 0.05) is 23.1 Å². The summed E-state index contributed by atoms with van der Waals surface area (Å²) in [4.78, 5) is 1.07. The van der Waals surface area contributed by atoms with Gasteiger partial charge in [-0.05, 0) is 18.6 Å². The lowest BCUT2D eigenvalue weighted by molar-refractivity contribution is 0.547. The number of hydrogen-bond acceptors (Lipinski definition) is 3. The van der Waals surface area contributed by atoms with Crippen LogP contribution in [0.2, 0.25) is 5.02 Å². The Bertz CT molecular complexity index is 362. The molecule has 0 aliphatic carbocycles. The summed E-state index contributed by atoms with van der Waals surface area (Å²) in [5, 5.41) is 0.778. The van der Waals surface area contributed by atoms with E-state index in [4.69, 9.17) is 23.9 Å². The Morgan fingerprint density at radius 3 is 2.88 bits per heavy atom. The number of nitrogens with one attached hydrogen (secondary N) is 1. The normalized spacial score (nSPS) is 12.1. The van der Waals surface area contributed by atoms with Crippen molar-refractivity contribution in [1.29, 1.82) is 0 Å². The molecule has 0 aliphatic rings. The summed E-state index contributed by atoms with van der Waals surface area (Å²) in [6.45, 7) is 0. The van der Waals surface area contributed by atoms with Gasteiger partial charge >= 0.3 is 0 Å². The highest BCUT2D eigenvalue weighted by atomic mass is 35.5. The van der Waals surface area contributed by atoms with Gasteiger partial charge in [0.15, 0.2) is 0 Å². The molecular formula is C12H15ClN2S. The van der Waals surface area contributed by atoms with Gasteiger partial charge in [0.2, 0.25) is 0 Å². The molecule has 0 spiro atoms. The molecule has 0 amide bonds. The zero-order valence-electron chi connectivity index (χ0n) is 8.95. The quantitative estimate of drug-likeness (QED) is 0.355. The lowest BCUT2D eigenvalue weighted by Gasteiger charge is -2.14. The molecule has 0 fully saturated rings.